The van der Waals surface area contributed by atoms with Crippen molar-refractivity contribution in [2.75, 3.05) is 5.32 Å². The molecule has 3 aromatic rings. The third-order valence-corrected chi connectivity index (χ3v) is 4.25. The van der Waals surface area contributed by atoms with Crippen LogP contribution in [0, 0.1) is 6.92 Å². The van der Waals surface area contributed by atoms with Crippen LogP contribution in [0.4, 0.5) is 14.6 Å². The van der Waals surface area contributed by atoms with E-state index in [-0.39, 0.29) is 16.4 Å². The molecule has 1 amide bonds. The van der Waals surface area contributed by atoms with E-state index in [1.165, 1.54) is 6.07 Å². The molecule has 0 aliphatic carbocycles. The predicted molar refractivity (Wildman–Crippen MR) is 91.1 cm³/mol. The van der Waals surface area contributed by atoms with Gasteiger partial charge in [-0.25, -0.2) is 0 Å². The van der Waals surface area contributed by atoms with Gasteiger partial charge in [0.25, 0.3) is 5.91 Å². The number of aromatic nitrogens is 2. The van der Waals surface area contributed by atoms with Gasteiger partial charge in [-0.15, -0.1) is 21.5 Å². The summed E-state index contributed by atoms with van der Waals surface area (Å²) in [6, 6.07) is 14.2. The maximum Gasteiger partial charge on any atom is 0.387 e. The van der Waals surface area contributed by atoms with Gasteiger partial charge in [-0.3, -0.25) is 4.79 Å². The van der Waals surface area contributed by atoms with Gasteiger partial charge in [0.15, 0.2) is 5.82 Å². The number of halogens is 2. The number of rotatable bonds is 5. The van der Waals surface area contributed by atoms with Crippen molar-refractivity contribution in [1.82, 2.24) is 10.2 Å². The van der Waals surface area contributed by atoms with Gasteiger partial charge in [0.2, 0.25) is 0 Å². The zero-order valence-corrected chi connectivity index (χ0v) is 13.9. The van der Waals surface area contributed by atoms with Crippen molar-refractivity contribution in [2.24, 2.45) is 0 Å². The number of ether oxygens (including phenoxy) is 1. The van der Waals surface area contributed by atoms with Gasteiger partial charge in [-0.05, 0) is 25.1 Å². The van der Waals surface area contributed by atoms with Crippen LogP contribution in [0.15, 0.2) is 48.5 Å². The molecule has 1 N–H and O–H groups in total. The number of carbonyl (C=O) groups is 1. The fraction of sp³-hybridized carbons (Fsp3) is 0.118. The number of nitrogens with zero attached hydrogens (tertiary/aromatic N) is 2. The number of benzene rings is 1. The molecule has 0 unspecified atom stereocenters. The number of nitrogens with one attached hydrogen (secondary N) is 1. The van der Waals surface area contributed by atoms with Gasteiger partial charge in [0, 0.05) is 10.4 Å². The maximum absolute atomic E-state index is 12.4. The van der Waals surface area contributed by atoms with Crippen LogP contribution < -0.4 is 10.1 Å². The molecule has 1 aromatic carbocycles. The summed E-state index contributed by atoms with van der Waals surface area (Å²) in [4.78, 5) is 13.0. The van der Waals surface area contributed by atoms with Crippen LogP contribution in [0.5, 0.6) is 5.75 Å². The number of amides is 1. The Morgan fingerprint density at radius 3 is 2.56 bits per heavy atom. The van der Waals surface area contributed by atoms with E-state index in [0.29, 0.717) is 10.6 Å². The lowest BCUT2D eigenvalue weighted by Crippen LogP contribution is -2.14. The smallest absolute Gasteiger partial charge is 0.387 e. The summed E-state index contributed by atoms with van der Waals surface area (Å²) in [6.45, 7) is -1.29. The highest BCUT2D eigenvalue weighted by Gasteiger charge is 2.19. The highest BCUT2D eigenvalue weighted by molar-refractivity contribution is 7.14. The summed E-state index contributed by atoms with van der Waals surface area (Å²) >= 11 is 1.07. The lowest BCUT2D eigenvalue weighted by molar-refractivity contribution is -0.0498. The van der Waals surface area contributed by atoms with Gasteiger partial charge in [-0.1, -0.05) is 30.3 Å². The monoisotopic (exact) mass is 361 g/mol. The van der Waals surface area contributed by atoms with Gasteiger partial charge in [0.05, 0.1) is 5.69 Å². The summed E-state index contributed by atoms with van der Waals surface area (Å²) < 4.78 is 29.3. The van der Waals surface area contributed by atoms with Gasteiger partial charge >= 0.3 is 6.61 Å². The molecule has 8 heteroatoms. The Hall–Kier alpha value is -2.87. The molecule has 3 rings (SSSR count). The fourth-order valence-corrected chi connectivity index (χ4v) is 3.01. The van der Waals surface area contributed by atoms with Crippen LogP contribution in [-0.4, -0.2) is 22.7 Å². The zero-order chi connectivity index (χ0) is 17.8. The second kappa shape index (κ2) is 7.35. The maximum atomic E-state index is 12.4. The van der Waals surface area contributed by atoms with E-state index < -0.39 is 12.5 Å². The molecule has 0 aliphatic heterocycles. The molecule has 0 fully saturated rings. The summed E-state index contributed by atoms with van der Waals surface area (Å²) in [7, 11) is 0. The summed E-state index contributed by atoms with van der Waals surface area (Å²) in [6.07, 6.45) is 0. The quantitative estimate of drug-likeness (QED) is 0.733. The molecule has 25 heavy (non-hydrogen) atoms. The van der Waals surface area contributed by atoms with Crippen LogP contribution in [0.3, 0.4) is 0 Å². The van der Waals surface area contributed by atoms with E-state index in [1.807, 2.05) is 30.3 Å². The highest BCUT2D eigenvalue weighted by atomic mass is 32.1. The summed E-state index contributed by atoms with van der Waals surface area (Å²) in [5.74, 6) is -0.502. The van der Waals surface area contributed by atoms with E-state index in [4.69, 9.17) is 0 Å². The largest absolute Gasteiger partial charge is 0.433 e. The Labute approximate surface area is 146 Å². The molecule has 2 heterocycles. The number of aryl methyl sites for hydroxylation is 1. The zero-order valence-electron chi connectivity index (χ0n) is 13.1. The predicted octanol–water partition coefficient (Wildman–Crippen LogP) is 4.37. The number of carbonyl (C=O) groups excluding carboxylic acids is 1. The first-order valence-electron chi connectivity index (χ1n) is 7.28. The van der Waals surface area contributed by atoms with E-state index in [1.54, 1.807) is 19.1 Å². The van der Waals surface area contributed by atoms with Crippen LogP contribution in [0.2, 0.25) is 0 Å². The van der Waals surface area contributed by atoms with E-state index >= 15 is 0 Å². The Bertz CT molecular complexity index is 867. The first kappa shape index (κ1) is 17.0. The number of thiophene rings is 1. The average molecular weight is 361 g/mol. The van der Waals surface area contributed by atoms with Crippen molar-refractivity contribution < 1.29 is 18.3 Å². The average Bonchev–Trinajstić information content (AvgIpc) is 2.96. The standard InChI is InChI=1S/C17H13F2N3O2S/c1-10-9-13(24-17(18)19)15(25-10)16(23)20-14-8-7-12(21-22-14)11-5-3-2-4-6-11/h2-9,17H,1H3,(H,20,22,23). The number of hydrogen-bond donors (Lipinski definition) is 1. The van der Waals surface area contributed by atoms with E-state index in [2.05, 4.69) is 20.3 Å². The van der Waals surface area contributed by atoms with Crippen LogP contribution in [-0.2, 0) is 0 Å². The van der Waals surface area contributed by atoms with Crippen LogP contribution in [0.1, 0.15) is 14.5 Å². The fourth-order valence-electron chi connectivity index (χ4n) is 2.17. The third kappa shape index (κ3) is 4.16. The second-order valence-electron chi connectivity index (χ2n) is 5.05. The lowest BCUT2D eigenvalue weighted by atomic mass is 10.1. The Morgan fingerprint density at radius 1 is 1.16 bits per heavy atom. The number of anilines is 1. The van der Waals surface area contributed by atoms with Crippen molar-refractivity contribution in [3.8, 4) is 17.0 Å². The minimum atomic E-state index is -2.99. The molecule has 0 saturated heterocycles. The summed E-state index contributed by atoms with van der Waals surface area (Å²) in [5.41, 5.74) is 1.56. The van der Waals surface area contributed by atoms with Crippen molar-refractivity contribution in [2.45, 2.75) is 13.5 Å². The first-order chi connectivity index (χ1) is 12.0. The molecule has 0 spiro atoms. The molecule has 0 radical (unpaired) electrons. The minimum Gasteiger partial charge on any atom is -0.433 e. The highest BCUT2D eigenvalue weighted by Crippen LogP contribution is 2.30. The lowest BCUT2D eigenvalue weighted by Gasteiger charge is -2.06. The Kier molecular flexibility index (Phi) is 4.99. The topological polar surface area (TPSA) is 64.1 Å². The van der Waals surface area contributed by atoms with Crippen molar-refractivity contribution in [3.05, 3.63) is 58.3 Å². The van der Waals surface area contributed by atoms with Crippen molar-refractivity contribution >= 4 is 23.1 Å². The first-order valence-corrected chi connectivity index (χ1v) is 8.10. The van der Waals surface area contributed by atoms with Gasteiger partial charge < -0.3 is 10.1 Å². The van der Waals surface area contributed by atoms with Crippen LogP contribution >= 0.6 is 11.3 Å². The van der Waals surface area contributed by atoms with Gasteiger partial charge in [0.1, 0.15) is 10.6 Å². The molecule has 0 saturated carbocycles. The minimum absolute atomic E-state index is 0.0618. The normalized spacial score (nSPS) is 10.7. The number of hydrogen-bond acceptors (Lipinski definition) is 5. The molecular weight excluding hydrogens is 348 g/mol. The van der Waals surface area contributed by atoms with Crippen LogP contribution in [0.25, 0.3) is 11.3 Å². The van der Waals surface area contributed by atoms with Crippen molar-refractivity contribution in [3.63, 3.8) is 0 Å². The second-order valence-corrected chi connectivity index (χ2v) is 6.31. The van der Waals surface area contributed by atoms with E-state index in [9.17, 15) is 13.6 Å². The number of alkyl halides is 2. The molecule has 0 atom stereocenters. The SMILES string of the molecule is Cc1cc(OC(F)F)c(C(=O)Nc2ccc(-c3ccccc3)nn2)s1. The van der Waals surface area contributed by atoms with Gasteiger partial charge in [-0.2, -0.15) is 8.78 Å². The molecule has 128 valence electrons. The third-order valence-electron chi connectivity index (χ3n) is 3.22. The molecular formula is C17H13F2N3O2S. The molecule has 2 aromatic heterocycles. The Balaban J connectivity index is 1.75. The van der Waals surface area contributed by atoms with Crippen molar-refractivity contribution in [1.29, 1.82) is 0 Å². The molecule has 0 aliphatic rings. The molecule has 0 bridgehead atoms. The van der Waals surface area contributed by atoms with E-state index in [0.717, 1.165) is 16.9 Å². The molecule has 5 nitrogen and oxygen atoms in total. The summed E-state index contributed by atoms with van der Waals surface area (Å²) in [5, 5.41) is 10.5. The Morgan fingerprint density at radius 2 is 1.92 bits per heavy atom.